The monoisotopic (exact) mass is 636 g/mol. The van der Waals surface area contributed by atoms with Crippen LogP contribution in [0.3, 0.4) is 0 Å². The first-order chi connectivity index (χ1) is 21.4. The van der Waals surface area contributed by atoms with E-state index in [1.807, 2.05) is 30.5 Å². The van der Waals surface area contributed by atoms with Gasteiger partial charge in [0.05, 0.1) is 30.8 Å². The van der Waals surface area contributed by atoms with Gasteiger partial charge in [0.1, 0.15) is 0 Å². The van der Waals surface area contributed by atoms with Crippen molar-refractivity contribution in [1.82, 2.24) is 24.8 Å². The average molecular weight is 638 g/mol. The number of benzene rings is 1. The number of likely N-dealkylation sites (tertiary alicyclic amines) is 1. The Hall–Kier alpha value is -3.64. The number of hydrogen-bond donors (Lipinski definition) is 1. The van der Waals surface area contributed by atoms with Gasteiger partial charge in [0.25, 0.3) is 0 Å². The van der Waals surface area contributed by atoms with E-state index in [1.165, 1.54) is 5.57 Å². The van der Waals surface area contributed by atoms with Gasteiger partial charge in [-0.05, 0) is 67.3 Å². The Balaban J connectivity index is 1.14. The number of anilines is 1. The maximum atomic E-state index is 11.1. The molecule has 3 aliphatic heterocycles. The smallest absolute Gasteiger partial charge is 0.303 e. The zero-order valence-corrected chi connectivity index (χ0v) is 25.8. The third-order valence-corrected chi connectivity index (χ3v) is 8.55. The predicted octanol–water partition coefficient (Wildman–Crippen LogP) is 5.80. The van der Waals surface area contributed by atoms with E-state index < -0.39 is 5.97 Å². The molecule has 2 aromatic heterocycles. The van der Waals surface area contributed by atoms with Crippen LogP contribution < -0.4 is 9.64 Å². The average Bonchev–Trinajstić information content (AvgIpc) is 3.51. The topological polar surface area (TPSA) is 120 Å². The van der Waals surface area contributed by atoms with E-state index >= 15 is 0 Å². The molecule has 13 heteroatoms. The van der Waals surface area contributed by atoms with Gasteiger partial charge in [0.2, 0.25) is 11.8 Å². The molecule has 3 aromatic rings. The Bertz CT molecular complexity index is 1520. The van der Waals surface area contributed by atoms with Gasteiger partial charge in [0.15, 0.2) is 5.75 Å². The molecule has 0 saturated carbocycles. The van der Waals surface area contributed by atoms with Crippen LogP contribution in [0.2, 0.25) is 10.0 Å². The molecule has 0 radical (unpaired) electrons. The molecular weight excluding hydrogens is 603 g/mol. The number of carboxylic acids is 1. The second-order valence-corrected chi connectivity index (χ2v) is 12.3. The van der Waals surface area contributed by atoms with Crippen molar-refractivity contribution in [3.05, 3.63) is 70.1 Å². The number of pyridine rings is 1. The molecule has 2 fully saturated rings. The Labute approximate surface area is 266 Å². The standard InChI is InChI=1S/C31H34Cl2N8O3/c32-25-12-24(13-26(33)14-25)28-9-22(19-39-3-1-21(2-4-39)11-30(42)43)10-29(38-28)44-27-17-34-31(35-18-27)41-7-5-40(6-8-41)20-23-15-36-37-16-23/h9-10,12-15,17-18,21H,1-8,11,16,19-20H2,(H,42,43). The van der Waals surface area contributed by atoms with Crippen LogP contribution in [0.4, 0.5) is 5.95 Å². The number of ether oxygens (including phenoxy) is 1. The minimum atomic E-state index is -0.731. The zero-order chi connectivity index (χ0) is 30.5. The zero-order valence-electron chi connectivity index (χ0n) is 24.3. The first kappa shape index (κ1) is 30.4. The molecule has 1 aromatic carbocycles. The van der Waals surface area contributed by atoms with Gasteiger partial charge in [-0.2, -0.15) is 10.2 Å². The van der Waals surface area contributed by atoms with Crippen LogP contribution in [0.25, 0.3) is 11.3 Å². The lowest BCUT2D eigenvalue weighted by Gasteiger charge is -2.34. The maximum absolute atomic E-state index is 11.1. The number of piperidine rings is 1. The minimum Gasteiger partial charge on any atom is -0.481 e. The number of aromatic nitrogens is 3. The maximum Gasteiger partial charge on any atom is 0.303 e. The molecule has 5 heterocycles. The van der Waals surface area contributed by atoms with Gasteiger partial charge in [-0.15, -0.1) is 0 Å². The van der Waals surface area contributed by atoms with E-state index in [1.54, 1.807) is 18.5 Å². The molecule has 1 N–H and O–H groups in total. The van der Waals surface area contributed by atoms with E-state index in [2.05, 4.69) is 34.9 Å². The van der Waals surface area contributed by atoms with E-state index in [0.717, 1.165) is 69.8 Å². The number of aliphatic carboxylic acids is 1. The quantitative estimate of drug-likeness (QED) is 0.294. The van der Waals surface area contributed by atoms with Crippen molar-refractivity contribution < 1.29 is 14.6 Å². The summed E-state index contributed by atoms with van der Waals surface area (Å²) >= 11 is 12.6. The highest BCUT2D eigenvalue weighted by molar-refractivity contribution is 6.35. The fourth-order valence-corrected chi connectivity index (χ4v) is 6.36. The van der Waals surface area contributed by atoms with Crippen molar-refractivity contribution in [3.8, 4) is 22.9 Å². The SMILES string of the molecule is O=C(O)CC1CCN(Cc2cc(Oc3cnc(N4CCN(CC5=CN=NC5)CC4)nc3)nc(-c3cc(Cl)cc(Cl)c3)c2)CC1. The highest BCUT2D eigenvalue weighted by Crippen LogP contribution is 2.31. The summed E-state index contributed by atoms with van der Waals surface area (Å²) in [5.41, 5.74) is 3.74. The summed E-state index contributed by atoms with van der Waals surface area (Å²) in [5, 5.41) is 18.2. The molecule has 0 atom stereocenters. The van der Waals surface area contributed by atoms with E-state index in [4.69, 9.17) is 38.0 Å². The van der Waals surface area contributed by atoms with Gasteiger partial charge in [-0.25, -0.2) is 15.0 Å². The Morgan fingerprint density at radius 3 is 2.27 bits per heavy atom. The number of azo groups is 1. The fraction of sp³-hybridized carbons (Fsp3) is 0.419. The molecular formula is C31H34Cl2N8O3. The highest BCUT2D eigenvalue weighted by Gasteiger charge is 2.23. The van der Waals surface area contributed by atoms with E-state index in [-0.39, 0.29) is 12.3 Å². The van der Waals surface area contributed by atoms with Crippen molar-refractivity contribution in [2.45, 2.75) is 25.8 Å². The van der Waals surface area contributed by atoms with Crippen molar-refractivity contribution in [3.63, 3.8) is 0 Å². The van der Waals surface area contributed by atoms with Crippen molar-refractivity contribution in [1.29, 1.82) is 0 Å². The lowest BCUT2D eigenvalue weighted by atomic mass is 9.93. The number of rotatable bonds is 10. The molecule has 230 valence electrons. The Kier molecular flexibility index (Phi) is 9.66. The molecule has 6 rings (SSSR count). The normalized spacial score (nSPS) is 18.0. The van der Waals surface area contributed by atoms with Crippen LogP contribution in [0.15, 0.2) is 64.7 Å². The van der Waals surface area contributed by atoms with E-state index in [9.17, 15) is 4.79 Å². The number of hydrogen-bond acceptors (Lipinski definition) is 10. The van der Waals surface area contributed by atoms with Gasteiger partial charge in [-0.1, -0.05) is 23.2 Å². The molecule has 0 bridgehead atoms. The molecule has 2 saturated heterocycles. The molecule has 3 aliphatic rings. The number of nitrogens with zero attached hydrogens (tertiary/aromatic N) is 8. The van der Waals surface area contributed by atoms with Crippen molar-refractivity contribution in [2.75, 3.05) is 57.3 Å². The van der Waals surface area contributed by atoms with Crippen LogP contribution >= 0.6 is 23.2 Å². The summed E-state index contributed by atoms with van der Waals surface area (Å²) in [6.45, 7) is 7.46. The van der Waals surface area contributed by atoms with Crippen LogP contribution in [0, 0.1) is 5.92 Å². The Morgan fingerprint density at radius 2 is 1.61 bits per heavy atom. The molecule has 0 unspecified atom stereocenters. The second-order valence-electron chi connectivity index (χ2n) is 11.5. The van der Waals surface area contributed by atoms with Gasteiger partial charge in [-0.3, -0.25) is 14.6 Å². The number of piperazine rings is 1. The molecule has 44 heavy (non-hydrogen) atoms. The predicted molar refractivity (Wildman–Crippen MR) is 169 cm³/mol. The summed E-state index contributed by atoms with van der Waals surface area (Å²) in [5.74, 6) is 1.06. The third-order valence-electron chi connectivity index (χ3n) is 8.11. The number of halogens is 2. The van der Waals surface area contributed by atoms with E-state index in [0.29, 0.717) is 46.4 Å². The van der Waals surface area contributed by atoms with Crippen LogP contribution in [0.5, 0.6) is 11.6 Å². The highest BCUT2D eigenvalue weighted by atomic mass is 35.5. The minimum absolute atomic E-state index is 0.221. The molecule has 0 spiro atoms. The first-order valence-electron chi connectivity index (χ1n) is 14.8. The van der Waals surface area contributed by atoms with Crippen LogP contribution in [-0.4, -0.2) is 88.2 Å². The largest absolute Gasteiger partial charge is 0.481 e. The summed E-state index contributed by atoms with van der Waals surface area (Å²) in [6.07, 6.45) is 7.17. The molecule has 0 amide bonds. The third kappa shape index (κ3) is 8.09. The van der Waals surface area contributed by atoms with Gasteiger partial charge < -0.3 is 14.7 Å². The van der Waals surface area contributed by atoms with Gasteiger partial charge in [0, 0.05) is 67.4 Å². The molecule has 11 nitrogen and oxygen atoms in total. The summed E-state index contributed by atoms with van der Waals surface area (Å²) < 4.78 is 6.19. The lowest BCUT2D eigenvalue weighted by molar-refractivity contribution is -0.138. The number of carbonyl (C=O) groups is 1. The van der Waals surface area contributed by atoms with Crippen molar-refractivity contribution in [2.24, 2.45) is 16.1 Å². The Morgan fingerprint density at radius 1 is 0.909 bits per heavy atom. The summed E-state index contributed by atoms with van der Waals surface area (Å²) in [7, 11) is 0. The van der Waals surface area contributed by atoms with Crippen LogP contribution in [0.1, 0.15) is 24.8 Å². The number of carboxylic acid groups (broad SMARTS) is 1. The summed E-state index contributed by atoms with van der Waals surface area (Å²) in [6, 6.07) is 9.28. The van der Waals surface area contributed by atoms with Crippen LogP contribution in [-0.2, 0) is 11.3 Å². The summed E-state index contributed by atoms with van der Waals surface area (Å²) in [4.78, 5) is 32.0. The second kappa shape index (κ2) is 14.0. The lowest BCUT2D eigenvalue weighted by Crippen LogP contribution is -2.47. The molecule has 0 aliphatic carbocycles. The van der Waals surface area contributed by atoms with Gasteiger partial charge >= 0.3 is 5.97 Å². The first-order valence-corrected chi connectivity index (χ1v) is 15.6. The fourth-order valence-electron chi connectivity index (χ4n) is 5.83. The van der Waals surface area contributed by atoms with Crippen molar-refractivity contribution >= 4 is 35.1 Å².